The molecule has 2 rings (SSSR count). The lowest BCUT2D eigenvalue weighted by Crippen LogP contribution is -2.45. The molecule has 1 saturated carbocycles. The highest BCUT2D eigenvalue weighted by Gasteiger charge is 2.34. The number of hydrogen-bond donors (Lipinski definition) is 1. The molecule has 1 saturated heterocycles. The highest BCUT2D eigenvalue weighted by molar-refractivity contribution is 5.78. The van der Waals surface area contributed by atoms with Crippen molar-refractivity contribution < 1.29 is 4.79 Å². The molecule has 2 N–H and O–H groups in total. The Morgan fingerprint density at radius 3 is 2.56 bits per heavy atom. The largest absolute Gasteiger partial charge is 0.342 e. The van der Waals surface area contributed by atoms with Crippen LogP contribution in [0.3, 0.4) is 0 Å². The minimum Gasteiger partial charge on any atom is -0.342 e. The van der Waals surface area contributed by atoms with Gasteiger partial charge in [0.05, 0.1) is 6.54 Å². The van der Waals surface area contributed by atoms with Gasteiger partial charge in [-0.25, -0.2) is 0 Å². The van der Waals surface area contributed by atoms with Crippen molar-refractivity contribution in [2.24, 2.45) is 11.7 Å². The van der Waals surface area contributed by atoms with Crippen LogP contribution >= 0.6 is 0 Å². The van der Waals surface area contributed by atoms with Gasteiger partial charge in [-0.05, 0) is 38.6 Å². The van der Waals surface area contributed by atoms with Gasteiger partial charge < -0.3 is 10.6 Å². The third-order valence-electron chi connectivity index (χ3n) is 3.82. The van der Waals surface area contributed by atoms with Gasteiger partial charge in [-0.3, -0.25) is 9.69 Å². The Morgan fingerprint density at radius 1 is 1.44 bits per heavy atom. The number of nitrogens with zero attached hydrogens (tertiary/aromatic N) is 2. The molecular formula is C12H23N3O. The Balaban J connectivity index is 1.80. The molecule has 0 spiro atoms. The van der Waals surface area contributed by atoms with Crippen LogP contribution in [0.4, 0.5) is 0 Å². The summed E-state index contributed by atoms with van der Waals surface area (Å²) in [6, 6.07) is 0.409. The summed E-state index contributed by atoms with van der Waals surface area (Å²) in [5, 5.41) is 0. The predicted octanol–water partition coefficient (Wildman–Crippen LogP) is 0.278. The third kappa shape index (κ3) is 2.74. The van der Waals surface area contributed by atoms with Crippen LogP contribution in [0.15, 0.2) is 0 Å². The molecule has 0 radical (unpaired) electrons. The zero-order valence-corrected chi connectivity index (χ0v) is 10.2. The Morgan fingerprint density at radius 2 is 2.06 bits per heavy atom. The number of hydrogen-bond acceptors (Lipinski definition) is 3. The summed E-state index contributed by atoms with van der Waals surface area (Å²) in [5.41, 5.74) is 5.78. The normalized spacial score (nSPS) is 22.8. The van der Waals surface area contributed by atoms with Crippen molar-refractivity contribution in [3.63, 3.8) is 0 Å². The molecule has 1 aliphatic heterocycles. The van der Waals surface area contributed by atoms with E-state index in [0.717, 1.165) is 19.0 Å². The number of nitrogens with two attached hydrogens (primary N) is 1. The van der Waals surface area contributed by atoms with Crippen LogP contribution < -0.4 is 5.73 Å². The van der Waals surface area contributed by atoms with Crippen molar-refractivity contribution in [2.45, 2.75) is 31.7 Å². The van der Waals surface area contributed by atoms with Crippen molar-refractivity contribution in [1.82, 2.24) is 9.80 Å². The molecule has 0 aromatic carbocycles. The summed E-state index contributed by atoms with van der Waals surface area (Å²) < 4.78 is 0. The Labute approximate surface area is 97.8 Å². The first kappa shape index (κ1) is 11.9. The van der Waals surface area contributed by atoms with E-state index in [-0.39, 0.29) is 5.91 Å². The number of likely N-dealkylation sites (tertiary alicyclic amines) is 1. The molecule has 2 fully saturated rings. The highest BCUT2D eigenvalue weighted by atomic mass is 16.2. The third-order valence-corrected chi connectivity index (χ3v) is 3.82. The van der Waals surface area contributed by atoms with Crippen molar-refractivity contribution >= 4 is 5.91 Å². The van der Waals surface area contributed by atoms with Crippen LogP contribution in [0.5, 0.6) is 0 Å². The average Bonchev–Trinajstić information content (AvgIpc) is 2.94. The zero-order valence-electron chi connectivity index (χ0n) is 10.2. The second-order valence-corrected chi connectivity index (χ2v) is 5.14. The van der Waals surface area contributed by atoms with Crippen LogP contribution in [-0.2, 0) is 4.79 Å². The van der Waals surface area contributed by atoms with Crippen LogP contribution in [0.25, 0.3) is 0 Å². The van der Waals surface area contributed by atoms with Gasteiger partial charge in [0.25, 0.3) is 0 Å². The standard InChI is InChI=1S/C12H23N3O/c1-14(11(8-13)10-4-5-10)9-12(16)15-6-2-3-7-15/h10-11H,2-9,13H2,1H3. The quantitative estimate of drug-likeness (QED) is 0.731. The topological polar surface area (TPSA) is 49.6 Å². The lowest BCUT2D eigenvalue weighted by molar-refractivity contribution is -0.131. The van der Waals surface area contributed by atoms with Gasteiger partial charge in [0, 0.05) is 25.7 Å². The fourth-order valence-corrected chi connectivity index (χ4v) is 2.61. The lowest BCUT2D eigenvalue weighted by Gasteiger charge is -2.28. The predicted molar refractivity (Wildman–Crippen MR) is 64.0 cm³/mol. The lowest BCUT2D eigenvalue weighted by atomic mass is 10.1. The number of rotatable bonds is 5. The number of amides is 1. The Kier molecular flexibility index (Phi) is 3.82. The van der Waals surface area contributed by atoms with E-state index in [0.29, 0.717) is 19.1 Å². The summed E-state index contributed by atoms with van der Waals surface area (Å²) in [6.45, 7) is 3.11. The van der Waals surface area contributed by atoms with Gasteiger partial charge in [0.15, 0.2) is 0 Å². The maximum atomic E-state index is 12.0. The maximum absolute atomic E-state index is 12.0. The molecule has 1 aliphatic carbocycles. The Bertz CT molecular complexity index is 247. The molecule has 1 heterocycles. The van der Waals surface area contributed by atoms with Crippen molar-refractivity contribution in [2.75, 3.05) is 33.2 Å². The van der Waals surface area contributed by atoms with E-state index >= 15 is 0 Å². The zero-order chi connectivity index (χ0) is 11.5. The molecule has 0 bridgehead atoms. The first-order valence-electron chi connectivity index (χ1n) is 6.40. The van der Waals surface area contributed by atoms with Crippen LogP contribution in [-0.4, -0.2) is 55.0 Å². The van der Waals surface area contributed by atoms with Crippen LogP contribution in [0, 0.1) is 5.92 Å². The van der Waals surface area contributed by atoms with Crippen molar-refractivity contribution in [3.05, 3.63) is 0 Å². The number of carbonyl (C=O) groups excluding carboxylic acids is 1. The summed E-state index contributed by atoms with van der Waals surface area (Å²) in [4.78, 5) is 16.1. The molecule has 92 valence electrons. The molecular weight excluding hydrogens is 202 g/mol. The number of carbonyl (C=O) groups is 1. The van der Waals surface area contributed by atoms with Crippen molar-refractivity contribution in [1.29, 1.82) is 0 Å². The summed E-state index contributed by atoms with van der Waals surface area (Å²) >= 11 is 0. The smallest absolute Gasteiger partial charge is 0.236 e. The fourth-order valence-electron chi connectivity index (χ4n) is 2.61. The second-order valence-electron chi connectivity index (χ2n) is 5.14. The van der Waals surface area contributed by atoms with E-state index < -0.39 is 0 Å². The monoisotopic (exact) mass is 225 g/mol. The molecule has 1 amide bonds. The first-order valence-corrected chi connectivity index (χ1v) is 6.40. The van der Waals surface area contributed by atoms with E-state index in [1.54, 1.807) is 0 Å². The highest BCUT2D eigenvalue weighted by Crippen LogP contribution is 2.34. The summed E-state index contributed by atoms with van der Waals surface area (Å²) in [5.74, 6) is 1.01. The second kappa shape index (κ2) is 5.15. The van der Waals surface area contributed by atoms with Crippen LogP contribution in [0.1, 0.15) is 25.7 Å². The van der Waals surface area contributed by atoms with E-state index in [1.807, 2.05) is 11.9 Å². The molecule has 16 heavy (non-hydrogen) atoms. The molecule has 0 aromatic rings. The van der Waals surface area contributed by atoms with E-state index in [9.17, 15) is 4.79 Å². The number of likely N-dealkylation sites (N-methyl/N-ethyl adjacent to an activating group) is 1. The van der Waals surface area contributed by atoms with Gasteiger partial charge >= 0.3 is 0 Å². The van der Waals surface area contributed by atoms with Crippen molar-refractivity contribution in [3.8, 4) is 0 Å². The fraction of sp³-hybridized carbons (Fsp3) is 0.917. The van der Waals surface area contributed by atoms with E-state index in [1.165, 1.54) is 25.7 Å². The van der Waals surface area contributed by atoms with Gasteiger partial charge in [-0.2, -0.15) is 0 Å². The minimum absolute atomic E-state index is 0.277. The van der Waals surface area contributed by atoms with E-state index in [4.69, 9.17) is 5.73 Å². The van der Waals surface area contributed by atoms with Gasteiger partial charge in [0.2, 0.25) is 5.91 Å². The van der Waals surface area contributed by atoms with Gasteiger partial charge in [-0.15, -0.1) is 0 Å². The minimum atomic E-state index is 0.277. The maximum Gasteiger partial charge on any atom is 0.236 e. The molecule has 2 aliphatic rings. The SMILES string of the molecule is CN(CC(=O)N1CCCC1)C(CN)C1CC1. The molecule has 4 nitrogen and oxygen atoms in total. The van der Waals surface area contributed by atoms with E-state index in [2.05, 4.69) is 4.90 Å². The van der Waals surface area contributed by atoms with Crippen LogP contribution in [0.2, 0.25) is 0 Å². The molecule has 4 heteroatoms. The Hall–Kier alpha value is -0.610. The molecule has 0 aromatic heterocycles. The van der Waals surface area contributed by atoms with Gasteiger partial charge in [-0.1, -0.05) is 0 Å². The molecule has 1 unspecified atom stereocenters. The summed E-state index contributed by atoms with van der Waals surface area (Å²) in [6.07, 6.45) is 4.89. The molecule has 1 atom stereocenters. The summed E-state index contributed by atoms with van der Waals surface area (Å²) in [7, 11) is 2.03. The van der Waals surface area contributed by atoms with Gasteiger partial charge in [0.1, 0.15) is 0 Å². The average molecular weight is 225 g/mol. The first-order chi connectivity index (χ1) is 7.72.